The molecule has 1 amide bonds. The van der Waals surface area contributed by atoms with Gasteiger partial charge in [-0.3, -0.25) is 4.79 Å². The molecular formula is C17H14BrNO4S. The normalized spacial score (nSPS) is 18.6. The number of carbonyl (C=O) groups excluding carboxylic acids is 1. The molecule has 1 unspecified atom stereocenters. The monoisotopic (exact) mass is 407 g/mol. The zero-order valence-electron chi connectivity index (χ0n) is 12.8. The van der Waals surface area contributed by atoms with Crippen molar-refractivity contribution in [3.63, 3.8) is 0 Å². The number of hydrogen-bond donors (Lipinski definition) is 1. The van der Waals surface area contributed by atoms with Gasteiger partial charge in [-0.15, -0.1) is 11.8 Å². The van der Waals surface area contributed by atoms with Gasteiger partial charge in [-0.05, 0) is 45.3 Å². The molecule has 1 atom stereocenters. The van der Waals surface area contributed by atoms with Crippen molar-refractivity contribution in [2.75, 3.05) is 25.0 Å². The standard InChI is InChI=1S/C17H14BrNO4S/c1-21-13-3-2-9(4-11(13)18)17-10-5-14-15(23-8-22-14)6-12(10)19-16(20)7-24-17/h2-6,17H,7-8H2,1H3,(H,19,20). The second-order valence-electron chi connectivity index (χ2n) is 5.43. The van der Waals surface area contributed by atoms with Gasteiger partial charge in [0.15, 0.2) is 11.5 Å². The smallest absolute Gasteiger partial charge is 0.234 e. The fourth-order valence-electron chi connectivity index (χ4n) is 2.84. The molecule has 0 bridgehead atoms. The molecule has 0 aromatic heterocycles. The van der Waals surface area contributed by atoms with Crippen molar-refractivity contribution >= 4 is 39.3 Å². The van der Waals surface area contributed by atoms with Crippen LogP contribution < -0.4 is 19.5 Å². The van der Waals surface area contributed by atoms with Crippen molar-refractivity contribution in [1.82, 2.24) is 0 Å². The minimum absolute atomic E-state index is 0.00987. The highest BCUT2D eigenvalue weighted by Gasteiger charge is 2.28. The SMILES string of the molecule is COc1ccc(C2SCC(=O)Nc3cc4c(cc32)OCO4)cc1Br. The number of ether oxygens (including phenoxy) is 3. The maximum absolute atomic E-state index is 12.1. The van der Waals surface area contributed by atoms with E-state index < -0.39 is 0 Å². The highest BCUT2D eigenvalue weighted by molar-refractivity contribution is 9.10. The van der Waals surface area contributed by atoms with Crippen molar-refractivity contribution in [2.45, 2.75) is 5.25 Å². The number of thioether (sulfide) groups is 1. The molecule has 0 aliphatic carbocycles. The largest absolute Gasteiger partial charge is 0.496 e. The lowest BCUT2D eigenvalue weighted by molar-refractivity contribution is -0.113. The molecule has 2 heterocycles. The van der Waals surface area contributed by atoms with E-state index in [0.29, 0.717) is 17.3 Å². The van der Waals surface area contributed by atoms with Crippen LogP contribution in [0, 0.1) is 0 Å². The first kappa shape index (κ1) is 15.7. The van der Waals surface area contributed by atoms with Crippen LogP contribution in [0.1, 0.15) is 16.4 Å². The number of hydrogen-bond acceptors (Lipinski definition) is 5. The Bertz CT molecular complexity index is 826. The zero-order chi connectivity index (χ0) is 16.7. The van der Waals surface area contributed by atoms with Gasteiger partial charge in [-0.2, -0.15) is 0 Å². The summed E-state index contributed by atoms with van der Waals surface area (Å²) in [5, 5.41) is 2.97. The van der Waals surface area contributed by atoms with E-state index in [9.17, 15) is 4.79 Å². The molecule has 2 aromatic carbocycles. The summed E-state index contributed by atoms with van der Waals surface area (Å²) >= 11 is 5.12. The number of carbonyl (C=O) groups is 1. The van der Waals surface area contributed by atoms with Gasteiger partial charge in [0.25, 0.3) is 0 Å². The Morgan fingerprint density at radius 1 is 1.25 bits per heavy atom. The van der Waals surface area contributed by atoms with Gasteiger partial charge in [0, 0.05) is 11.8 Å². The zero-order valence-corrected chi connectivity index (χ0v) is 15.2. The highest BCUT2D eigenvalue weighted by atomic mass is 79.9. The predicted molar refractivity (Wildman–Crippen MR) is 96.2 cm³/mol. The Labute approximate surface area is 151 Å². The number of halogens is 1. The molecule has 7 heteroatoms. The molecule has 124 valence electrons. The highest BCUT2D eigenvalue weighted by Crippen LogP contribution is 2.47. The van der Waals surface area contributed by atoms with E-state index in [-0.39, 0.29) is 18.0 Å². The number of benzene rings is 2. The summed E-state index contributed by atoms with van der Waals surface area (Å²) in [6.45, 7) is 0.206. The predicted octanol–water partition coefficient (Wildman–Crippen LogP) is 3.96. The van der Waals surface area contributed by atoms with E-state index in [1.165, 1.54) is 0 Å². The topological polar surface area (TPSA) is 56.8 Å². The summed E-state index contributed by atoms with van der Waals surface area (Å²) in [4.78, 5) is 12.1. The average Bonchev–Trinajstić information content (AvgIpc) is 2.95. The van der Waals surface area contributed by atoms with Crippen LogP contribution in [0.5, 0.6) is 17.2 Å². The quantitative estimate of drug-likeness (QED) is 0.816. The van der Waals surface area contributed by atoms with Crippen molar-refractivity contribution in [2.24, 2.45) is 0 Å². The summed E-state index contributed by atoms with van der Waals surface area (Å²) in [6, 6.07) is 9.77. The van der Waals surface area contributed by atoms with Gasteiger partial charge in [0.1, 0.15) is 5.75 Å². The third kappa shape index (κ3) is 2.71. The van der Waals surface area contributed by atoms with Crippen molar-refractivity contribution < 1.29 is 19.0 Å². The number of rotatable bonds is 2. The van der Waals surface area contributed by atoms with Crippen LogP contribution in [0.4, 0.5) is 5.69 Å². The molecule has 1 N–H and O–H groups in total. The van der Waals surface area contributed by atoms with E-state index in [2.05, 4.69) is 21.2 Å². The van der Waals surface area contributed by atoms with Crippen LogP contribution in [0.25, 0.3) is 0 Å². The molecule has 0 spiro atoms. The molecule has 2 aromatic rings. The summed E-state index contributed by atoms with van der Waals surface area (Å²) in [6.07, 6.45) is 0. The molecule has 4 rings (SSSR count). The number of fused-ring (bicyclic) bond motifs is 2. The Morgan fingerprint density at radius 2 is 2.04 bits per heavy atom. The van der Waals surface area contributed by atoms with Gasteiger partial charge in [-0.25, -0.2) is 0 Å². The maximum Gasteiger partial charge on any atom is 0.234 e. The lowest BCUT2D eigenvalue weighted by atomic mass is 10.0. The van der Waals surface area contributed by atoms with Crippen LogP contribution in [0.2, 0.25) is 0 Å². The minimum Gasteiger partial charge on any atom is -0.496 e. The number of nitrogens with one attached hydrogen (secondary N) is 1. The lowest BCUT2D eigenvalue weighted by Gasteiger charge is -2.18. The summed E-state index contributed by atoms with van der Waals surface area (Å²) in [5.41, 5.74) is 2.86. The summed E-state index contributed by atoms with van der Waals surface area (Å²) in [7, 11) is 1.64. The maximum atomic E-state index is 12.1. The van der Waals surface area contributed by atoms with Crippen LogP contribution >= 0.6 is 27.7 Å². The summed E-state index contributed by atoms with van der Waals surface area (Å²) < 4.78 is 17.1. The Balaban J connectivity index is 1.82. The summed E-state index contributed by atoms with van der Waals surface area (Å²) in [5.74, 6) is 2.52. The van der Waals surface area contributed by atoms with E-state index in [1.807, 2.05) is 30.3 Å². The van der Waals surface area contributed by atoms with Crippen LogP contribution in [-0.4, -0.2) is 25.6 Å². The first-order chi connectivity index (χ1) is 11.7. The molecule has 5 nitrogen and oxygen atoms in total. The van der Waals surface area contributed by atoms with Crippen molar-refractivity contribution in [3.8, 4) is 17.2 Å². The van der Waals surface area contributed by atoms with E-state index in [1.54, 1.807) is 18.9 Å². The van der Waals surface area contributed by atoms with Gasteiger partial charge in [0.05, 0.1) is 22.6 Å². The van der Waals surface area contributed by atoms with Gasteiger partial charge in [0.2, 0.25) is 12.7 Å². The fraction of sp³-hybridized carbons (Fsp3) is 0.235. The van der Waals surface area contributed by atoms with Crippen molar-refractivity contribution in [3.05, 3.63) is 45.9 Å². The molecule has 0 fully saturated rings. The molecule has 0 radical (unpaired) electrons. The van der Waals surface area contributed by atoms with Crippen molar-refractivity contribution in [1.29, 1.82) is 0 Å². The second kappa shape index (κ2) is 6.22. The lowest BCUT2D eigenvalue weighted by Crippen LogP contribution is -2.12. The number of methoxy groups -OCH3 is 1. The molecule has 2 aliphatic rings. The Morgan fingerprint density at radius 3 is 2.79 bits per heavy atom. The van der Waals surface area contributed by atoms with Crippen LogP contribution in [0.15, 0.2) is 34.8 Å². The number of amides is 1. The second-order valence-corrected chi connectivity index (χ2v) is 7.37. The third-order valence-electron chi connectivity index (χ3n) is 3.96. The molecular weight excluding hydrogens is 394 g/mol. The van der Waals surface area contributed by atoms with Crippen LogP contribution in [-0.2, 0) is 4.79 Å². The molecule has 0 saturated carbocycles. The van der Waals surface area contributed by atoms with Gasteiger partial charge < -0.3 is 19.5 Å². The van der Waals surface area contributed by atoms with E-state index in [0.717, 1.165) is 27.0 Å². The third-order valence-corrected chi connectivity index (χ3v) is 5.87. The van der Waals surface area contributed by atoms with Gasteiger partial charge >= 0.3 is 0 Å². The molecule has 0 saturated heterocycles. The molecule has 24 heavy (non-hydrogen) atoms. The van der Waals surface area contributed by atoms with E-state index >= 15 is 0 Å². The van der Waals surface area contributed by atoms with Crippen LogP contribution in [0.3, 0.4) is 0 Å². The first-order valence-corrected chi connectivity index (χ1v) is 9.18. The van der Waals surface area contributed by atoms with E-state index in [4.69, 9.17) is 14.2 Å². The molecule has 2 aliphatic heterocycles. The average molecular weight is 408 g/mol. The minimum atomic E-state index is -0.0183. The van der Waals surface area contributed by atoms with Gasteiger partial charge in [-0.1, -0.05) is 6.07 Å². The first-order valence-electron chi connectivity index (χ1n) is 7.34. The number of anilines is 1. The Hall–Kier alpha value is -1.86. The Kier molecular flexibility index (Phi) is 4.05. The fourth-order valence-corrected chi connectivity index (χ4v) is 4.50.